The molecule has 0 saturated heterocycles. The fraction of sp³-hybridized carbons (Fsp3) is 0.250. The summed E-state index contributed by atoms with van der Waals surface area (Å²) in [5.74, 6) is -1.05. The first kappa shape index (κ1) is 22.4. The lowest BCUT2D eigenvalue weighted by atomic mass is 9.89. The van der Waals surface area contributed by atoms with Gasteiger partial charge in [0.2, 0.25) is 0 Å². The summed E-state index contributed by atoms with van der Waals surface area (Å²) in [7, 11) is 0. The third kappa shape index (κ3) is 4.56. The van der Waals surface area contributed by atoms with Crippen molar-refractivity contribution in [3.63, 3.8) is 0 Å². The summed E-state index contributed by atoms with van der Waals surface area (Å²) in [5, 5.41) is 12.2. The van der Waals surface area contributed by atoms with Crippen molar-refractivity contribution >= 4 is 5.91 Å². The average Bonchev–Trinajstić information content (AvgIpc) is 2.74. The Kier molecular flexibility index (Phi) is 6.36. The predicted molar refractivity (Wildman–Crippen MR) is 115 cm³/mol. The molecule has 0 saturated carbocycles. The van der Waals surface area contributed by atoms with Crippen LogP contribution in [0, 0.1) is 12.7 Å². The number of aromatic nitrogens is 1. The SMILES string of the molecule is Cc1c([C@@H](C)NC(=O)c2ccc(=O)n(-c3ccccc3F)c2)cccc1C(C)(F)CO. The van der Waals surface area contributed by atoms with Crippen LogP contribution in [-0.4, -0.2) is 22.2 Å². The molecule has 3 rings (SSSR count). The Bertz CT molecular complexity index is 1170. The Balaban J connectivity index is 1.89. The molecule has 2 N–H and O–H groups in total. The molecule has 1 amide bonds. The summed E-state index contributed by atoms with van der Waals surface area (Å²) in [6.45, 7) is 4.13. The fourth-order valence-corrected chi connectivity index (χ4v) is 3.59. The average molecular weight is 426 g/mol. The standard InChI is InChI=1S/C24H24F2N2O3/c1-15-18(7-6-8-19(15)24(3,26)14-29)16(2)27-23(31)17-11-12-22(30)28(13-17)21-10-5-4-9-20(21)25/h4-13,16,29H,14H2,1-3H3,(H,27,31)/t16-,24?/m1/s1. The zero-order valence-electron chi connectivity index (χ0n) is 17.5. The maximum Gasteiger partial charge on any atom is 0.255 e. The van der Waals surface area contributed by atoms with E-state index in [0.29, 0.717) is 16.7 Å². The minimum atomic E-state index is -1.90. The molecule has 7 heteroatoms. The quantitative estimate of drug-likeness (QED) is 0.627. The summed E-state index contributed by atoms with van der Waals surface area (Å²) in [5.41, 5.74) is -0.472. The van der Waals surface area contributed by atoms with E-state index in [1.165, 1.54) is 43.5 Å². The Hall–Kier alpha value is -3.32. The van der Waals surface area contributed by atoms with Gasteiger partial charge < -0.3 is 10.4 Å². The molecular weight excluding hydrogens is 402 g/mol. The van der Waals surface area contributed by atoms with Crippen LogP contribution in [0.2, 0.25) is 0 Å². The third-order valence-corrected chi connectivity index (χ3v) is 5.33. The molecule has 0 radical (unpaired) electrons. The van der Waals surface area contributed by atoms with E-state index in [4.69, 9.17) is 0 Å². The highest BCUT2D eigenvalue weighted by Gasteiger charge is 2.28. The number of hydrogen-bond acceptors (Lipinski definition) is 3. The molecular formula is C24H24F2N2O3. The van der Waals surface area contributed by atoms with Crippen LogP contribution in [0.15, 0.2) is 65.6 Å². The lowest BCUT2D eigenvalue weighted by molar-refractivity contribution is 0.0860. The van der Waals surface area contributed by atoms with Crippen molar-refractivity contribution in [3.05, 3.63) is 99.2 Å². The van der Waals surface area contributed by atoms with E-state index in [1.54, 1.807) is 38.1 Å². The highest BCUT2D eigenvalue weighted by molar-refractivity contribution is 5.94. The first-order valence-corrected chi connectivity index (χ1v) is 9.84. The largest absolute Gasteiger partial charge is 0.393 e. The van der Waals surface area contributed by atoms with E-state index in [1.807, 2.05) is 0 Å². The molecule has 31 heavy (non-hydrogen) atoms. The number of rotatable bonds is 6. The molecule has 1 heterocycles. The maximum atomic E-state index is 14.7. The highest BCUT2D eigenvalue weighted by Crippen LogP contribution is 2.31. The summed E-state index contributed by atoms with van der Waals surface area (Å²) in [6, 6.07) is 12.9. The van der Waals surface area contributed by atoms with Crippen LogP contribution < -0.4 is 10.9 Å². The lowest BCUT2D eigenvalue weighted by Gasteiger charge is -2.24. The van der Waals surface area contributed by atoms with Gasteiger partial charge in [-0.1, -0.05) is 30.3 Å². The Morgan fingerprint density at radius 2 is 1.87 bits per heavy atom. The van der Waals surface area contributed by atoms with Gasteiger partial charge in [0.05, 0.1) is 23.9 Å². The zero-order valence-corrected chi connectivity index (χ0v) is 17.5. The van der Waals surface area contributed by atoms with Gasteiger partial charge in [0.25, 0.3) is 11.5 Å². The second-order valence-corrected chi connectivity index (χ2v) is 7.65. The normalized spacial score (nSPS) is 14.0. The van der Waals surface area contributed by atoms with Crippen molar-refractivity contribution in [2.75, 3.05) is 6.61 Å². The van der Waals surface area contributed by atoms with E-state index in [0.717, 1.165) is 4.57 Å². The van der Waals surface area contributed by atoms with Gasteiger partial charge in [0.1, 0.15) is 5.82 Å². The van der Waals surface area contributed by atoms with Crippen LogP contribution in [0.4, 0.5) is 8.78 Å². The van der Waals surface area contributed by atoms with E-state index < -0.39 is 35.6 Å². The number of nitrogens with one attached hydrogen (secondary N) is 1. The number of carbonyl (C=O) groups is 1. The van der Waals surface area contributed by atoms with E-state index in [-0.39, 0.29) is 11.3 Å². The minimum Gasteiger partial charge on any atom is -0.393 e. The number of benzene rings is 2. The first-order chi connectivity index (χ1) is 14.7. The van der Waals surface area contributed by atoms with Gasteiger partial charge in [0.15, 0.2) is 5.67 Å². The number of aliphatic hydroxyl groups excluding tert-OH is 1. The van der Waals surface area contributed by atoms with Gasteiger partial charge >= 0.3 is 0 Å². The van der Waals surface area contributed by atoms with Crippen molar-refractivity contribution in [3.8, 4) is 5.69 Å². The number of halogens is 2. The van der Waals surface area contributed by atoms with Gasteiger partial charge in [-0.3, -0.25) is 14.2 Å². The number of pyridine rings is 1. The van der Waals surface area contributed by atoms with E-state index in [2.05, 4.69) is 5.32 Å². The number of hydrogen-bond donors (Lipinski definition) is 2. The topological polar surface area (TPSA) is 71.3 Å². The Morgan fingerprint density at radius 1 is 1.16 bits per heavy atom. The second kappa shape index (κ2) is 8.81. The molecule has 2 atom stereocenters. The number of aliphatic hydroxyl groups is 1. The van der Waals surface area contributed by atoms with Gasteiger partial charge in [-0.2, -0.15) is 0 Å². The summed E-state index contributed by atoms with van der Waals surface area (Å²) in [6.07, 6.45) is 1.29. The number of carbonyl (C=O) groups excluding carboxylic acids is 1. The molecule has 162 valence electrons. The van der Waals surface area contributed by atoms with Crippen LogP contribution >= 0.6 is 0 Å². The van der Waals surface area contributed by atoms with E-state index >= 15 is 0 Å². The van der Waals surface area contributed by atoms with Crippen LogP contribution in [0.1, 0.15) is 46.9 Å². The van der Waals surface area contributed by atoms with Crippen molar-refractivity contribution in [1.29, 1.82) is 0 Å². The van der Waals surface area contributed by atoms with Gasteiger partial charge in [-0.05, 0) is 55.7 Å². The van der Waals surface area contributed by atoms with Crippen LogP contribution in [0.3, 0.4) is 0 Å². The molecule has 5 nitrogen and oxygen atoms in total. The molecule has 1 aromatic heterocycles. The fourth-order valence-electron chi connectivity index (χ4n) is 3.59. The molecule has 3 aromatic rings. The Labute approximate surface area is 179 Å². The highest BCUT2D eigenvalue weighted by atomic mass is 19.1. The smallest absolute Gasteiger partial charge is 0.255 e. The molecule has 0 bridgehead atoms. The van der Waals surface area contributed by atoms with Gasteiger partial charge in [0, 0.05) is 12.3 Å². The van der Waals surface area contributed by atoms with Crippen LogP contribution in [-0.2, 0) is 5.67 Å². The van der Waals surface area contributed by atoms with E-state index in [9.17, 15) is 23.5 Å². The van der Waals surface area contributed by atoms with Crippen molar-refractivity contribution in [2.45, 2.75) is 32.5 Å². The number of amides is 1. The summed E-state index contributed by atoms with van der Waals surface area (Å²) >= 11 is 0. The van der Waals surface area contributed by atoms with Crippen LogP contribution in [0.25, 0.3) is 5.69 Å². The number of nitrogens with zero attached hydrogens (tertiary/aromatic N) is 1. The molecule has 0 aliphatic heterocycles. The second-order valence-electron chi connectivity index (χ2n) is 7.65. The van der Waals surface area contributed by atoms with Gasteiger partial charge in [-0.15, -0.1) is 0 Å². The monoisotopic (exact) mass is 426 g/mol. The molecule has 0 spiro atoms. The Morgan fingerprint density at radius 3 is 2.55 bits per heavy atom. The molecule has 2 aromatic carbocycles. The zero-order chi connectivity index (χ0) is 22.8. The predicted octanol–water partition coefficient (Wildman–Crippen LogP) is 3.95. The van der Waals surface area contributed by atoms with Gasteiger partial charge in [-0.25, -0.2) is 8.78 Å². The van der Waals surface area contributed by atoms with Crippen LogP contribution in [0.5, 0.6) is 0 Å². The summed E-state index contributed by atoms with van der Waals surface area (Å²) in [4.78, 5) is 25.0. The summed E-state index contributed by atoms with van der Waals surface area (Å²) < 4.78 is 29.9. The lowest BCUT2D eigenvalue weighted by Crippen LogP contribution is -2.30. The van der Waals surface area contributed by atoms with Crippen molar-refractivity contribution in [2.24, 2.45) is 0 Å². The maximum absolute atomic E-state index is 14.7. The molecule has 1 unspecified atom stereocenters. The minimum absolute atomic E-state index is 0.0463. The first-order valence-electron chi connectivity index (χ1n) is 9.84. The van der Waals surface area contributed by atoms with Crippen molar-refractivity contribution in [1.82, 2.24) is 9.88 Å². The van der Waals surface area contributed by atoms with Crippen molar-refractivity contribution < 1.29 is 18.7 Å². The molecule has 0 aliphatic rings. The molecule has 0 aliphatic carbocycles. The number of alkyl halides is 1. The molecule has 0 fully saturated rings. The third-order valence-electron chi connectivity index (χ3n) is 5.33. The number of para-hydroxylation sites is 1.